The van der Waals surface area contributed by atoms with E-state index < -0.39 is 42.0 Å². The minimum Gasteiger partial charge on any atom is -0.508 e. The highest BCUT2D eigenvalue weighted by molar-refractivity contribution is 7.09. The first-order valence-electron chi connectivity index (χ1n) is 23.1. The summed E-state index contributed by atoms with van der Waals surface area (Å²) in [5.74, 6) is -1.74. The van der Waals surface area contributed by atoms with Gasteiger partial charge in [0.15, 0.2) is 0 Å². The van der Waals surface area contributed by atoms with E-state index in [0.29, 0.717) is 44.2 Å². The van der Waals surface area contributed by atoms with Gasteiger partial charge in [0.1, 0.15) is 35.2 Å². The maximum atomic E-state index is 14.7. The van der Waals surface area contributed by atoms with Crippen molar-refractivity contribution in [2.45, 2.75) is 137 Å². The zero-order chi connectivity index (χ0) is 47.2. The van der Waals surface area contributed by atoms with Crippen LogP contribution in [0.25, 0.3) is 0 Å². The Balaban J connectivity index is 1.81. The largest absolute Gasteiger partial charge is 0.508 e. The standard InChI is InChI=1S/C46H76N8O9S/c1-9-20-54(45(59)40(31(6)11-3)50-43(58)37-14-12-13-21-53(37)8)38(30(4)5)28-39(62-22-10-2)44-49-36(29-64-44)42(57)48-34(27-33-15-17-35(55)18-16-33)26-32(7)41(56)51-52-46(60)63-25-24-61-23-19-47/h15-18,29-32,34,37-40,55H,9-14,19-28,47H2,1-8H3,(H,48,57)(H,50,58)(H,51,56)(H,52,60)/t31-,32-,34+,37+,38+,39+,40-/m0/s1. The van der Waals surface area contributed by atoms with Crippen molar-refractivity contribution in [2.24, 2.45) is 23.5 Å². The normalized spacial score (nSPS) is 17.1. The fourth-order valence-electron chi connectivity index (χ4n) is 7.77. The molecule has 1 aromatic carbocycles. The lowest BCUT2D eigenvalue weighted by molar-refractivity contribution is -0.143. The van der Waals surface area contributed by atoms with Crippen LogP contribution in [0.2, 0.25) is 0 Å². The van der Waals surface area contributed by atoms with Gasteiger partial charge in [-0.3, -0.25) is 29.5 Å². The molecule has 1 saturated heterocycles. The average molecular weight is 917 g/mol. The van der Waals surface area contributed by atoms with Gasteiger partial charge in [0.05, 0.1) is 19.3 Å². The molecule has 0 spiro atoms. The summed E-state index contributed by atoms with van der Waals surface area (Å²) in [6, 6.07) is 4.86. The third-order valence-corrected chi connectivity index (χ3v) is 12.6. The van der Waals surface area contributed by atoms with Crippen LogP contribution < -0.4 is 27.2 Å². The molecule has 0 saturated carbocycles. The molecule has 3 rings (SSSR count). The zero-order valence-electron chi connectivity index (χ0n) is 39.4. The number of phenols is 1. The number of piperidine rings is 1. The third-order valence-electron chi connectivity index (χ3n) is 11.6. The van der Waals surface area contributed by atoms with Gasteiger partial charge in [-0.25, -0.2) is 15.2 Å². The van der Waals surface area contributed by atoms with Crippen molar-refractivity contribution in [1.82, 2.24) is 36.3 Å². The number of likely N-dealkylation sites (tertiary alicyclic amines) is 1. The number of amides is 5. The Hall–Kier alpha value is -4.36. The number of benzene rings is 1. The number of rotatable bonds is 27. The summed E-state index contributed by atoms with van der Waals surface area (Å²) in [7, 11) is 1.97. The van der Waals surface area contributed by atoms with Crippen molar-refractivity contribution < 1.29 is 43.3 Å². The number of thiazole rings is 1. The summed E-state index contributed by atoms with van der Waals surface area (Å²) in [5.41, 5.74) is 11.0. The zero-order valence-corrected chi connectivity index (χ0v) is 40.2. The van der Waals surface area contributed by atoms with Crippen LogP contribution in [0.5, 0.6) is 5.75 Å². The van der Waals surface area contributed by atoms with Crippen molar-refractivity contribution in [3.8, 4) is 5.75 Å². The Labute approximate surface area is 384 Å². The SMILES string of the molecule is CCCO[C@H](C[C@H](C(C)C)N(CCC)C(=O)[C@@H](NC(=O)[C@H]1CCCCN1C)[C@@H](C)CC)c1nc(C(=O)N[C@@H](Cc2ccc(O)cc2)C[C@H](C)C(=O)NNC(=O)OCCOCCN)cs1. The molecule has 18 heteroatoms. The molecule has 5 amide bonds. The van der Waals surface area contributed by atoms with E-state index in [0.717, 1.165) is 50.6 Å². The fraction of sp³-hybridized carbons (Fsp3) is 0.696. The molecule has 0 aliphatic carbocycles. The van der Waals surface area contributed by atoms with Crippen LogP contribution >= 0.6 is 11.3 Å². The molecule has 1 aliphatic heterocycles. The second-order valence-electron chi connectivity index (χ2n) is 17.2. The molecule has 0 radical (unpaired) electrons. The van der Waals surface area contributed by atoms with Crippen LogP contribution in [0, 0.1) is 17.8 Å². The second kappa shape index (κ2) is 28.5. The number of aromatic nitrogens is 1. The molecule has 2 aromatic rings. The number of nitrogens with two attached hydrogens (primary N) is 1. The average Bonchev–Trinajstić information content (AvgIpc) is 3.77. The second-order valence-corrected chi connectivity index (χ2v) is 18.1. The van der Waals surface area contributed by atoms with Crippen LogP contribution in [-0.2, 0) is 35.0 Å². The van der Waals surface area contributed by atoms with E-state index in [1.54, 1.807) is 36.6 Å². The number of aromatic hydroxyl groups is 1. The lowest BCUT2D eigenvalue weighted by Gasteiger charge is -2.40. The van der Waals surface area contributed by atoms with E-state index in [-0.39, 0.29) is 66.8 Å². The van der Waals surface area contributed by atoms with Gasteiger partial charge in [-0.1, -0.05) is 73.4 Å². The number of hydrazine groups is 1. The lowest BCUT2D eigenvalue weighted by Crippen LogP contribution is -2.58. The van der Waals surface area contributed by atoms with Crippen molar-refractivity contribution >= 4 is 41.1 Å². The fourth-order valence-corrected chi connectivity index (χ4v) is 8.63. The molecular formula is C46H76N8O9S. The quantitative estimate of drug-likeness (QED) is 0.0510. The first-order chi connectivity index (χ1) is 30.6. The van der Waals surface area contributed by atoms with Crippen LogP contribution in [-0.4, -0.2) is 127 Å². The summed E-state index contributed by atoms with van der Waals surface area (Å²) >= 11 is 1.31. The molecule has 1 aromatic heterocycles. The van der Waals surface area contributed by atoms with Crippen LogP contribution in [0.15, 0.2) is 29.6 Å². The van der Waals surface area contributed by atoms with E-state index in [1.807, 2.05) is 39.6 Å². The van der Waals surface area contributed by atoms with Crippen molar-refractivity contribution in [3.63, 3.8) is 0 Å². The molecule has 0 unspecified atom stereocenters. The van der Waals surface area contributed by atoms with Gasteiger partial charge in [-0.2, -0.15) is 0 Å². The molecule has 64 heavy (non-hydrogen) atoms. The summed E-state index contributed by atoms with van der Waals surface area (Å²) in [6.07, 6.45) is 4.60. The third kappa shape index (κ3) is 17.6. The highest BCUT2D eigenvalue weighted by Gasteiger charge is 2.38. The predicted molar refractivity (Wildman–Crippen MR) is 247 cm³/mol. The Morgan fingerprint density at radius 3 is 2.33 bits per heavy atom. The lowest BCUT2D eigenvalue weighted by atomic mass is 9.92. The molecule has 360 valence electrons. The monoisotopic (exact) mass is 917 g/mol. The van der Waals surface area contributed by atoms with Crippen molar-refractivity contribution in [3.05, 3.63) is 45.9 Å². The number of carbonyl (C=O) groups excluding carboxylic acids is 5. The molecule has 7 N–H and O–H groups in total. The number of carbonyl (C=O) groups is 5. The Kier molecular flexibility index (Phi) is 24.1. The van der Waals surface area contributed by atoms with Crippen LogP contribution in [0.4, 0.5) is 4.79 Å². The number of likely N-dealkylation sites (N-methyl/N-ethyl adjacent to an activating group) is 1. The number of hydrogen-bond acceptors (Lipinski definition) is 13. The first-order valence-corrected chi connectivity index (χ1v) is 24.0. The molecule has 1 fully saturated rings. The minimum absolute atomic E-state index is 0.0184. The summed E-state index contributed by atoms with van der Waals surface area (Å²) in [6.45, 7) is 16.6. The Bertz CT molecular complexity index is 1730. The van der Waals surface area contributed by atoms with Crippen LogP contribution in [0.1, 0.15) is 127 Å². The summed E-state index contributed by atoms with van der Waals surface area (Å²) in [4.78, 5) is 76.3. The van der Waals surface area contributed by atoms with Gasteiger partial charge in [-0.15, -0.1) is 11.3 Å². The van der Waals surface area contributed by atoms with Gasteiger partial charge in [0, 0.05) is 49.5 Å². The van der Waals surface area contributed by atoms with E-state index in [2.05, 4.69) is 40.2 Å². The Morgan fingerprint density at radius 1 is 0.953 bits per heavy atom. The first kappa shape index (κ1) is 54.0. The van der Waals surface area contributed by atoms with Crippen molar-refractivity contribution in [2.75, 3.05) is 53.1 Å². The molecule has 0 bridgehead atoms. The maximum Gasteiger partial charge on any atom is 0.426 e. The molecule has 17 nitrogen and oxygen atoms in total. The highest BCUT2D eigenvalue weighted by atomic mass is 32.1. The van der Waals surface area contributed by atoms with Gasteiger partial charge in [-0.05, 0) is 81.6 Å². The van der Waals surface area contributed by atoms with Gasteiger partial charge < -0.3 is 40.6 Å². The Morgan fingerprint density at radius 2 is 1.69 bits per heavy atom. The van der Waals surface area contributed by atoms with Crippen molar-refractivity contribution in [1.29, 1.82) is 0 Å². The van der Waals surface area contributed by atoms with Gasteiger partial charge in [0.2, 0.25) is 17.7 Å². The van der Waals surface area contributed by atoms with Gasteiger partial charge >= 0.3 is 6.09 Å². The number of phenolic OH excluding ortho intramolecular Hbond substituents is 1. The molecule has 1 aliphatic rings. The highest BCUT2D eigenvalue weighted by Crippen LogP contribution is 2.32. The number of ether oxygens (including phenoxy) is 3. The van der Waals surface area contributed by atoms with E-state index >= 15 is 0 Å². The number of nitrogens with zero attached hydrogens (tertiary/aromatic N) is 3. The summed E-state index contributed by atoms with van der Waals surface area (Å²) < 4.78 is 16.6. The van der Waals surface area contributed by atoms with E-state index in [9.17, 15) is 29.1 Å². The van der Waals surface area contributed by atoms with E-state index in [1.165, 1.54) is 11.3 Å². The number of nitrogens with one attached hydrogen (secondary N) is 4. The van der Waals surface area contributed by atoms with Crippen LogP contribution in [0.3, 0.4) is 0 Å². The molecule has 2 heterocycles. The topological polar surface area (TPSA) is 227 Å². The summed E-state index contributed by atoms with van der Waals surface area (Å²) in [5, 5.41) is 18.4. The van der Waals surface area contributed by atoms with E-state index in [4.69, 9.17) is 24.9 Å². The number of hydrogen-bond donors (Lipinski definition) is 6. The van der Waals surface area contributed by atoms with Gasteiger partial charge in [0.25, 0.3) is 5.91 Å². The minimum atomic E-state index is -0.849. The smallest absolute Gasteiger partial charge is 0.426 e. The molecular weight excluding hydrogens is 841 g/mol. The predicted octanol–water partition coefficient (Wildman–Crippen LogP) is 5.08. The molecule has 7 atom stereocenters. The maximum absolute atomic E-state index is 14.7.